The Morgan fingerprint density at radius 1 is 0.500 bits per heavy atom. The van der Waals surface area contributed by atoms with Crippen molar-refractivity contribution in [2.75, 3.05) is 47.5 Å². The fourth-order valence-electron chi connectivity index (χ4n) is 6.84. The molecule has 62 heavy (non-hydrogen) atoms. The number of hydrogen-bond donors (Lipinski definition) is 0. The van der Waals surface area contributed by atoms with E-state index in [9.17, 15) is 19.0 Å². The Bertz CT molecular complexity index is 1190. The first-order chi connectivity index (χ1) is 30.0. The van der Waals surface area contributed by atoms with Crippen LogP contribution in [0.1, 0.15) is 219 Å². The van der Waals surface area contributed by atoms with E-state index in [4.69, 9.17) is 18.5 Å². The van der Waals surface area contributed by atoms with Gasteiger partial charge in [0.05, 0.1) is 27.7 Å². The topological polar surface area (TPSA) is 111 Å². The summed E-state index contributed by atoms with van der Waals surface area (Å²) in [6.07, 6.45) is 52.9. The predicted molar refractivity (Wildman–Crippen MR) is 259 cm³/mol. The summed E-state index contributed by atoms with van der Waals surface area (Å²) in [5.74, 6) is -0.892. The fraction of sp³-hybridized carbons (Fsp3) is 0.808. The van der Waals surface area contributed by atoms with E-state index in [2.05, 4.69) is 62.5 Å². The van der Waals surface area contributed by atoms with Crippen molar-refractivity contribution in [2.24, 2.45) is 0 Å². The van der Waals surface area contributed by atoms with Gasteiger partial charge in [-0.1, -0.05) is 184 Å². The van der Waals surface area contributed by atoms with Gasteiger partial charge in [-0.05, 0) is 70.6 Å². The molecule has 0 saturated heterocycles. The van der Waals surface area contributed by atoms with Crippen LogP contribution in [0.15, 0.2) is 48.6 Å². The molecule has 1 unspecified atom stereocenters. The van der Waals surface area contributed by atoms with E-state index in [0.29, 0.717) is 23.9 Å². The van der Waals surface area contributed by atoms with Gasteiger partial charge in [0.2, 0.25) is 0 Å². The summed E-state index contributed by atoms with van der Waals surface area (Å²) in [6.45, 7) is 4.18. The zero-order valence-electron chi connectivity index (χ0n) is 40.8. The molecule has 0 fully saturated rings. The molecule has 9 nitrogen and oxygen atoms in total. The highest BCUT2D eigenvalue weighted by Crippen LogP contribution is 2.38. The number of nitrogens with zero attached hydrogens (tertiary/aromatic N) is 1. The second kappa shape index (κ2) is 44.2. The first kappa shape index (κ1) is 60.0. The number of carbonyl (C=O) groups excluding carboxylic acids is 2. The summed E-state index contributed by atoms with van der Waals surface area (Å²) in [7, 11) is 1.14. The molecule has 362 valence electrons. The highest BCUT2D eigenvalue weighted by atomic mass is 31.2. The first-order valence-corrected chi connectivity index (χ1v) is 26.8. The number of hydrogen-bond acceptors (Lipinski definition) is 8. The molecule has 0 aliphatic rings. The van der Waals surface area contributed by atoms with Crippen molar-refractivity contribution in [1.29, 1.82) is 0 Å². The first-order valence-electron chi connectivity index (χ1n) is 25.3. The minimum atomic E-state index is -4.64. The summed E-state index contributed by atoms with van der Waals surface area (Å²) in [5, 5.41) is 0. The molecule has 0 saturated carbocycles. The van der Waals surface area contributed by atoms with Crippen LogP contribution >= 0.6 is 7.82 Å². The molecule has 0 aromatic rings. The van der Waals surface area contributed by atoms with Crippen LogP contribution in [0.3, 0.4) is 0 Å². The van der Waals surface area contributed by atoms with Crippen LogP contribution in [0.25, 0.3) is 0 Å². The van der Waals surface area contributed by atoms with E-state index in [1.165, 1.54) is 135 Å². The SMILES string of the molecule is CCCCCCCC/C=C/C/C=C/C/C=C/CCCC(=O)OC[C@H](COP(=O)([O-])OCC[N+](C)(C)C)OC(=O)CCCCCCCCCCCCC/C=C/CCCCCCCC. The maximum atomic E-state index is 12.7. The molecule has 0 aliphatic heterocycles. The van der Waals surface area contributed by atoms with Gasteiger partial charge in [0.25, 0.3) is 7.82 Å². The van der Waals surface area contributed by atoms with Gasteiger partial charge in [0, 0.05) is 12.8 Å². The molecule has 0 aromatic heterocycles. The molecule has 2 atom stereocenters. The van der Waals surface area contributed by atoms with E-state index >= 15 is 0 Å². The van der Waals surface area contributed by atoms with Crippen molar-refractivity contribution >= 4 is 19.8 Å². The summed E-state index contributed by atoms with van der Waals surface area (Å²) >= 11 is 0. The third-order valence-electron chi connectivity index (χ3n) is 10.8. The Labute approximate surface area is 382 Å². The molecule has 0 spiro atoms. The monoisotopic (exact) mass is 894 g/mol. The van der Waals surface area contributed by atoms with Gasteiger partial charge in [-0.25, -0.2) is 0 Å². The van der Waals surface area contributed by atoms with E-state index in [-0.39, 0.29) is 26.1 Å². The third-order valence-corrected chi connectivity index (χ3v) is 11.8. The lowest BCUT2D eigenvalue weighted by Crippen LogP contribution is -2.37. The van der Waals surface area contributed by atoms with Gasteiger partial charge in [0.15, 0.2) is 6.10 Å². The molecule has 0 N–H and O–H groups in total. The fourth-order valence-corrected chi connectivity index (χ4v) is 7.57. The molecule has 0 amide bonds. The lowest BCUT2D eigenvalue weighted by molar-refractivity contribution is -0.870. The van der Waals surface area contributed by atoms with Crippen molar-refractivity contribution in [3.8, 4) is 0 Å². The van der Waals surface area contributed by atoms with E-state index < -0.39 is 32.5 Å². The smallest absolute Gasteiger partial charge is 0.306 e. The number of allylic oxidation sites excluding steroid dienone is 8. The van der Waals surface area contributed by atoms with Gasteiger partial charge >= 0.3 is 11.9 Å². The maximum absolute atomic E-state index is 12.7. The minimum absolute atomic E-state index is 0.0391. The number of esters is 2. The second-order valence-electron chi connectivity index (χ2n) is 18.2. The Morgan fingerprint density at radius 3 is 1.35 bits per heavy atom. The Balaban J connectivity index is 4.32. The van der Waals surface area contributed by atoms with Crippen molar-refractivity contribution < 1.29 is 42.1 Å². The quantitative estimate of drug-likeness (QED) is 0.0195. The summed E-state index contributed by atoms with van der Waals surface area (Å²) in [6, 6.07) is 0. The molecule has 0 rings (SSSR count). The summed E-state index contributed by atoms with van der Waals surface area (Å²) < 4.78 is 34.0. The summed E-state index contributed by atoms with van der Waals surface area (Å²) in [4.78, 5) is 37.7. The van der Waals surface area contributed by atoms with Crippen LogP contribution < -0.4 is 4.89 Å². The average molecular weight is 894 g/mol. The summed E-state index contributed by atoms with van der Waals surface area (Å²) in [5.41, 5.74) is 0. The van der Waals surface area contributed by atoms with Gasteiger partial charge in [-0.15, -0.1) is 0 Å². The average Bonchev–Trinajstić information content (AvgIpc) is 3.23. The van der Waals surface area contributed by atoms with Crippen LogP contribution in [0, 0.1) is 0 Å². The zero-order valence-corrected chi connectivity index (χ0v) is 41.7. The molecule has 0 aromatic carbocycles. The Morgan fingerprint density at radius 2 is 0.887 bits per heavy atom. The Hall–Kier alpha value is -2.03. The molecular weight excluding hydrogens is 798 g/mol. The van der Waals surface area contributed by atoms with E-state index in [0.717, 1.165) is 44.9 Å². The van der Waals surface area contributed by atoms with Crippen molar-refractivity contribution in [2.45, 2.75) is 225 Å². The van der Waals surface area contributed by atoms with Crippen LogP contribution in [0.4, 0.5) is 0 Å². The highest BCUT2D eigenvalue weighted by molar-refractivity contribution is 7.45. The zero-order chi connectivity index (χ0) is 45.7. The molecule has 0 aliphatic carbocycles. The van der Waals surface area contributed by atoms with Crippen LogP contribution in [0.2, 0.25) is 0 Å². The van der Waals surface area contributed by atoms with Gasteiger partial charge in [0.1, 0.15) is 19.8 Å². The number of rotatable bonds is 46. The molecular formula is C52H96NO8P. The van der Waals surface area contributed by atoms with Crippen LogP contribution in [0.5, 0.6) is 0 Å². The van der Waals surface area contributed by atoms with Gasteiger partial charge < -0.3 is 27.9 Å². The number of ether oxygens (including phenoxy) is 2. The minimum Gasteiger partial charge on any atom is -0.756 e. The standard InChI is InChI=1S/C52H96NO8P/c1-6-8-10-12-14-16-18-20-22-24-25-26-27-29-31-33-35-37-39-41-43-45-52(55)61-50(49-60-62(56,57)59-47-46-53(3,4)5)48-58-51(54)44-42-40-38-36-34-32-30-28-23-21-19-17-15-13-11-9-7-2/h20-23,30,32,36,38,50H,6-19,24-29,31,33-35,37,39-49H2,1-5H3/b22-20+,23-21+,32-30+,38-36+/t50-/m1/s1. The predicted octanol–water partition coefficient (Wildman–Crippen LogP) is 14.4. The van der Waals surface area contributed by atoms with Crippen LogP contribution in [-0.4, -0.2) is 70.0 Å². The Kier molecular flexibility index (Phi) is 42.7. The number of quaternary nitrogens is 1. The van der Waals surface area contributed by atoms with Gasteiger partial charge in [-0.3, -0.25) is 14.2 Å². The normalized spacial score (nSPS) is 13.8. The van der Waals surface area contributed by atoms with Gasteiger partial charge in [-0.2, -0.15) is 0 Å². The largest absolute Gasteiger partial charge is 0.756 e. The number of phosphoric acid groups is 1. The number of unbranched alkanes of at least 4 members (excludes halogenated alkanes) is 24. The lowest BCUT2D eigenvalue weighted by atomic mass is 10.0. The van der Waals surface area contributed by atoms with Crippen LogP contribution in [-0.2, 0) is 32.7 Å². The van der Waals surface area contributed by atoms with E-state index in [1.54, 1.807) is 0 Å². The number of likely N-dealkylation sites (N-methyl/N-ethyl adjacent to an activating group) is 1. The van der Waals surface area contributed by atoms with E-state index in [1.807, 2.05) is 21.1 Å². The van der Waals surface area contributed by atoms with Crippen molar-refractivity contribution in [1.82, 2.24) is 0 Å². The van der Waals surface area contributed by atoms with Crippen molar-refractivity contribution in [3.05, 3.63) is 48.6 Å². The third kappa shape index (κ3) is 47.4. The maximum Gasteiger partial charge on any atom is 0.306 e. The molecule has 10 heteroatoms. The van der Waals surface area contributed by atoms with Crippen molar-refractivity contribution in [3.63, 3.8) is 0 Å². The molecule has 0 radical (unpaired) electrons. The molecule has 0 bridgehead atoms. The number of phosphoric ester groups is 1. The lowest BCUT2D eigenvalue weighted by Gasteiger charge is -2.28. The second-order valence-corrected chi connectivity index (χ2v) is 19.6. The number of carbonyl (C=O) groups is 2. The highest BCUT2D eigenvalue weighted by Gasteiger charge is 2.21. The molecule has 0 heterocycles.